The van der Waals surface area contributed by atoms with E-state index in [1.54, 1.807) is 0 Å². The quantitative estimate of drug-likeness (QED) is 0.774. The number of nitrogens with zero attached hydrogens (tertiary/aromatic N) is 3. The number of aromatic nitrogens is 2. The first-order valence-electron chi connectivity index (χ1n) is 6.13. The SMILES string of the molecule is CCC1CCCN(c2ncnc(Cl)c2Br)CC1. The number of hydrogen-bond donors (Lipinski definition) is 0. The molecule has 1 atom stereocenters. The van der Waals surface area contributed by atoms with E-state index in [0.717, 1.165) is 29.3 Å². The maximum Gasteiger partial charge on any atom is 0.148 e. The average molecular weight is 319 g/mol. The molecule has 3 nitrogen and oxygen atoms in total. The van der Waals surface area contributed by atoms with Crippen molar-refractivity contribution in [1.82, 2.24) is 9.97 Å². The molecule has 0 amide bonds. The zero-order valence-corrected chi connectivity index (χ0v) is 12.3. The summed E-state index contributed by atoms with van der Waals surface area (Å²) in [7, 11) is 0. The number of hydrogen-bond acceptors (Lipinski definition) is 3. The van der Waals surface area contributed by atoms with Crippen molar-refractivity contribution >= 4 is 33.3 Å². The third-order valence-electron chi connectivity index (χ3n) is 3.45. The predicted molar refractivity (Wildman–Crippen MR) is 74.6 cm³/mol. The van der Waals surface area contributed by atoms with Gasteiger partial charge in [0.2, 0.25) is 0 Å². The molecule has 1 aliphatic rings. The van der Waals surface area contributed by atoms with Crippen molar-refractivity contribution in [3.8, 4) is 0 Å². The van der Waals surface area contributed by atoms with Crippen LogP contribution >= 0.6 is 27.5 Å². The third-order valence-corrected chi connectivity index (χ3v) is 4.70. The van der Waals surface area contributed by atoms with Gasteiger partial charge < -0.3 is 4.90 Å². The minimum atomic E-state index is 0.492. The van der Waals surface area contributed by atoms with Crippen LogP contribution in [0.15, 0.2) is 10.8 Å². The van der Waals surface area contributed by atoms with Gasteiger partial charge in [-0.15, -0.1) is 0 Å². The van der Waals surface area contributed by atoms with Crippen molar-refractivity contribution in [1.29, 1.82) is 0 Å². The van der Waals surface area contributed by atoms with Crippen LogP contribution in [0.1, 0.15) is 32.6 Å². The Balaban J connectivity index is 2.14. The lowest BCUT2D eigenvalue weighted by Crippen LogP contribution is -2.25. The predicted octanol–water partition coefficient (Wildman–Crippen LogP) is 3.91. The molecule has 0 radical (unpaired) electrons. The summed E-state index contributed by atoms with van der Waals surface area (Å²) in [4.78, 5) is 10.6. The first kappa shape index (κ1) is 13.1. The first-order chi connectivity index (χ1) is 8.22. The highest BCUT2D eigenvalue weighted by Gasteiger charge is 2.19. The Morgan fingerprint density at radius 2 is 2.24 bits per heavy atom. The van der Waals surface area contributed by atoms with E-state index >= 15 is 0 Å². The first-order valence-corrected chi connectivity index (χ1v) is 7.30. The lowest BCUT2D eigenvalue weighted by Gasteiger charge is -2.22. The van der Waals surface area contributed by atoms with Gasteiger partial charge in [0.1, 0.15) is 17.3 Å². The maximum atomic E-state index is 6.01. The van der Waals surface area contributed by atoms with E-state index in [1.165, 1.54) is 32.0 Å². The summed E-state index contributed by atoms with van der Waals surface area (Å²) in [6, 6.07) is 0. The highest BCUT2D eigenvalue weighted by atomic mass is 79.9. The number of anilines is 1. The number of halogens is 2. The van der Waals surface area contributed by atoms with Crippen molar-refractivity contribution in [3.63, 3.8) is 0 Å². The summed E-state index contributed by atoms with van der Waals surface area (Å²) >= 11 is 9.48. The van der Waals surface area contributed by atoms with E-state index in [0.29, 0.717) is 5.15 Å². The van der Waals surface area contributed by atoms with Crippen molar-refractivity contribution in [3.05, 3.63) is 16.0 Å². The average Bonchev–Trinajstić information content (AvgIpc) is 2.58. The van der Waals surface area contributed by atoms with Gasteiger partial charge in [-0.1, -0.05) is 24.9 Å². The fourth-order valence-corrected chi connectivity index (χ4v) is 2.93. The van der Waals surface area contributed by atoms with Crippen molar-refractivity contribution in [2.24, 2.45) is 5.92 Å². The van der Waals surface area contributed by atoms with Crippen LogP contribution in [0.3, 0.4) is 0 Å². The van der Waals surface area contributed by atoms with Crippen molar-refractivity contribution in [2.45, 2.75) is 32.6 Å². The van der Waals surface area contributed by atoms with Crippen molar-refractivity contribution < 1.29 is 0 Å². The van der Waals surface area contributed by atoms with E-state index in [1.807, 2.05) is 0 Å². The Bertz CT molecular complexity index is 386. The molecule has 0 aromatic carbocycles. The van der Waals surface area contributed by atoms with E-state index < -0.39 is 0 Å². The maximum absolute atomic E-state index is 6.01. The molecule has 1 aliphatic heterocycles. The molecule has 1 saturated heterocycles. The smallest absolute Gasteiger partial charge is 0.148 e. The zero-order valence-electron chi connectivity index (χ0n) is 9.99. The van der Waals surface area contributed by atoms with Crippen LogP contribution in [0.5, 0.6) is 0 Å². The molecular weight excluding hydrogens is 302 g/mol. The topological polar surface area (TPSA) is 29.0 Å². The van der Waals surface area contributed by atoms with E-state index in [9.17, 15) is 0 Å². The monoisotopic (exact) mass is 317 g/mol. The molecule has 0 saturated carbocycles. The van der Waals surface area contributed by atoms with Crippen molar-refractivity contribution in [2.75, 3.05) is 18.0 Å². The van der Waals surface area contributed by atoms with Gasteiger partial charge in [0.15, 0.2) is 0 Å². The molecule has 0 aliphatic carbocycles. The Labute approximate surface area is 116 Å². The Morgan fingerprint density at radius 1 is 1.41 bits per heavy atom. The third kappa shape index (κ3) is 3.10. The van der Waals surface area contributed by atoms with Gasteiger partial charge in [-0.05, 0) is 41.1 Å². The Kier molecular flexibility index (Phi) is 4.62. The standard InChI is InChI=1S/C12H17BrClN3/c1-2-9-4-3-6-17(7-5-9)12-10(13)11(14)15-8-16-12/h8-9H,2-7H2,1H3. The van der Waals surface area contributed by atoms with Crippen LogP contribution in [0.25, 0.3) is 0 Å². The molecular formula is C12H17BrClN3. The highest BCUT2D eigenvalue weighted by Crippen LogP contribution is 2.31. The van der Waals surface area contributed by atoms with Crippen LogP contribution in [-0.4, -0.2) is 23.1 Å². The van der Waals surface area contributed by atoms with Gasteiger partial charge >= 0.3 is 0 Å². The lowest BCUT2D eigenvalue weighted by molar-refractivity contribution is 0.459. The number of rotatable bonds is 2. The molecule has 0 spiro atoms. The summed E-state index contributed by atoms with van der Waals surface area (Å²) < 4.78 is 0.816. The molecule has 0 N–H and O–H groups in total. The molecule has 0 bridgehead atoms. The minimum absolute atomic E-state index is 0.492. The summed E-state index contributed by atoms with van der Waals surface area (Å²) in [5, 5.41) is 0.492. The van der Waals surface area contributed by atoms with Crippen LogP contribution in [0, 0.1) is 5.92 Å². The fraction of sp³-hybridized carbons (Fsp3) is 0.667. The molecule has 94 valence electrons. The van der Waals surface area contributed by atoms with Gasteiger partial charge in [-0.2, -0.15) is 0 Å². The van der Waals surface area contributed by atoms with Crippen LogP contribution in [0.4, 0.5) is 5.82 Å². The Morgan fingerprint density at radius 3 is 3.00 bits per heavy atom. The van der Waals surface area contributed by atoms with Crippen LogP contribution in [-0.2, 0) is 0 Å². The minimum Gasteiger partial charge on any atom is -0.356 e. The molecule has 1 aromatic heterocycles. The Hall–Kier alpha value is -0.350. The van der Waals surface area contributed by atoms with E-state index in [4.69, 9.17) is 11.6 Å². The lowest BCUT2D eigenvalue weighted by atomic mass is 9.98. The summed E-state index contributed by atoms with van der Waals surface area (Å²) in [6.45, 7) is 4.39. The van der Waals surface area contributed by atoms with Gasteiger partial charge in [0.25, 0.3) is 0 Å². The highest BCUT2D eigenvalue weighted by molar-refractivity contribution is 9.10. The normalized spacial score (nSPS) is 21.4. The molecule has 17 heavy (non-hydrogen) atoms. The fourth-order valence-electron chi connectivity index (χ4n) is 2.35. The van der Waals surface area contributed by atoms with E-state index in [-0.39, 0.29) is 0 Å². The molecule has 2 heterocycles. The summed E-state index contributed by atoms with van der Waals surface area (Å²) in [5.41, 5.74) is 0. The van der Waals surface area contributed by atoms with Gasteiger partial charge in [0, 0.05) is 13.1 Å². The van der Waals surface area contributed by atoms with Gasteiger partial charge in [-0.25, -0.2) is 9.97 Å². The largest absolute Gasteiger partial charge is 0.356 e. The second kappa shape index (κ2) is 6.01. The van der Waals surface area contributed by atoms with Gasteiger partial charge in [0.05, 0.1) is 4.47 Å². The zero-order chi connectivity index (χ0) is 12.3. The van der Waals surface area contributed by atoms with Crippen LogP contribution < -0.4 is 4.90 Å². The van der Waals surface area contributed by atoms with Crippen LogP contribution in [0.2, 0.25) is 5.15 Å². The molecule has 2 rings (SSSR count). The summed E-state index contributed by atoms with van der Waals surface area (Å²) in [6.07, 6.45) is 6.60. The van der Waals surface area contributed by atoms with E-state index in [2.05, 4.69) is 37.7 Å². The second-order valence-electron chi connectivity index (χ2n) is 4.49. The molecule has 5 heteroatoms. The second-order valence-corrected chi connectivity index (χ2v) is 5.65. The van der Waals surface area contributed by atoms with Gasteiger partial charge in [-0.3, -0.25) is 0 Å². The molecule has 1 aromatic rings. The molecule has 1 fully saturated rings. The molecule has 1 unspecified atom stereocenters. The summed E-state index contributed by atoms with van der Waals surface area (Å²) in [5.74, 6) is 1.79.